The van der Waals surface area contributed by atoms with Gasteiger partial charge in [0.25, 0.3) is 0 Å². The zero-order valence-electron chi connectivity index (χ0n) is 19.3. The molecular formula is C24H28F2N2O3S. The van der Waals surface area contributed by atoms with Crippen molar-refractivity contribution in [2.75, 3.05) is 14.2 Å². The Hall–Kier alpha value is -3.31. The van der Waals surface area contributed by atoms with E-state index in [0.29, 0.717) is 10.6 Å². The number of benzene rings is 1. The highest BCUT2D eigenvalue weighted by molar-refractivity contribution is 7.17. The average Bonchev–Trinajstić information content (AvgIpc) is 3.22. The van der Waals surface area contributed by atoms with E-state index in [2.05, 4.69) is 10.3 Å². The predicted octanol–water partition coefficient (Wildman–Crippen LogP) is 6.03. The molecule has 2 rings (SSSR count). The highest BCUT2D eigenvalue weighted by atomic mass is 32.1. The van der Waals surface area contributed by atoms with Gasteiger partial charge in [0.05, 0.1) is 23.2 Å². The SMILES string of the molecule is C#C/C(F)=C(NC)\C(F)=C/C.CC.COC(=O)c1cccc(-c2sc(C(C)=O)nc2C)c1. The number of nitrogens with one attached hydrogen (secondary N) is 1. The summed E-state index contributed by atoms with van der Waals surface area (Å²) in [7, 11) is 2.75. The number of hydrogen-bond acceptors (Lipinski definition) is 6. The van der Waals surface area contributed by atoms with Crippen LogP contribution < -0.4 is 5.32 Å². The van der Waals surface area contributed by atoms with Gasteiger partial charge in [-0.3, -0.25) is 4.79 Å². The van der Waals surface area contributed by atoms with E-state index in [1.54, 1.807) is 24.1 Å². The fourth-order valence-corrected chi connectivity index (χ4v) is 3.23. The van der Waals surface area contributed by atoms with Crippen LogP contribution in [0.3, 0.4) is 0 Å². The number of carbonyl (C=O) groups is 2. The maximum Gasteiger partial charge on any atom is 0.337 e. The summed E-state index contributed by atoms with van der Waals surface area (Å²) >= 11 is 1.34. The molecule has 0 spiro atoms. The molecule has 1 aromatic carbocycles. The van der Waals surface area contributed by atoms with Gasteiger partial charge in [-0.15, -0.1) is 17.8 Å². The maximum absolute atomic E-state index is 12.6. The number of hydrogen-bond donors (Lipinski definition) is 1. The van der Waals surface area contributed by atoms with Gasteiger partial charge in [0.2, 0.25) is 0 Å². The van der Waals surface area contributed by atoms with Crippen LogP contribution in [-0.2, 0) is 4.74 Å². The summed E-state index contributed by atoms with van der Waals surface area (Å²) in [6.45, 7) is 8.80. The van der Waals surface area contributed by atoms with E-state index < -0.39 is 11.7 Å². The van der Waals surface area contributed by atoms with Gasteiger partial charge in [-0.25, -0.2) is 14.2 Å². The molecule has 0 saturated carbocycles. The van der Waals surface area contributed by atoms with Gasteiger partial charge in [0.15, 0.2) is 16.6 Å². The van der Waals surface area contributed by atoms with Crippen LogP contribution in [0.2, 0.25) is 0 Å². The largest absolute Gasteiger partial charge is 0.465 e. The number of methoxy groups -OCH3 is 1. The minimum atomic E-state index is -0.928. The number of aryl methyl sites for hydroxylation is 1. The average molecular weight is 463 g/mol. The summed E-state index contributed by atoms with van der Waals surface area (Å²) in [4.78, 5) is 28.0. The van der Waals surface area contributed by atoms with Gasteiger partial charge in [-0.2, -0.15) is 4.39 Å². The van der Waals surface area contributed by atoms with Gasteiger partial charge < -0.3 is 10.1 Å². The molecule has 0 fully saturated rings. The summed E-state index contributed by atoms with van der Waals surface area (Å²) in [5.74, 6) is -0.350. The number of Topliss-reactive ketones (excluding diaryl/α,β-unsaturated/α-hetero) is 1. The van der Waals surface area contributed by atoms with E-state index >= 15 is 0 Å². The van der Waals surface area contributed by atoms with Gasteiger partial charge >= 0.3 is 5.97 Å². The highest BCUT2D eigenvalue weighted by Crippen LogP contribution is 2.30. The van der Waals surface area contributed by atoms with Crippen LogP contribution in [0, 0.1) is 19.3 Å². The molecule has 0 aliphatic heterocycles. The zero-order valence-corrected chi connectivity index (χ0v) is 20.1. The van der Waals surface area contributed by atoms with Crippen molar-refractivity contribution in [2.24, 2.45) is 0 Å². The number of ether oxygens (including phenoxy) is 1. The van der Waals surface area contributed by atoms with E-state index in [1.807, 2.05) is 26.8 Å². The topological polar surface area (TPSA) is 68.3 Å². The Bertz CT molecular complexity index is 1030. The number of terminal acetylenes is 1. The molecule has 0 aliphatic rings. The molecule has 0 unspecified atom stereocenters. The number of halogens is 2. The maximum atomic E-state index is 12.6. The van der Waals surface area contributed by atoms with Crippen molar-refractivity contribution in [3.63, 3.8) is 0 Å². The van der Waals surface area contributed by atoms with Gasteiger partial charge in [-0.1, -0.05) is 26.0 Å². The van der Waals surface area contributed by atoms with Crippen molar-refractivity contribution >= 4 is 23.1 Å². The fraction of sp³-hybridized carbons (Fsp3) is 0.292. The van der Waals surface area contributed by atoms with Gasteiger partial charge in [0, 0.05) is 14.0 Å². The standard InChI is InChI=1S/C14H13NO3S.C8H9F2N.C2H6/c1-8-12(19-13(15-8)9(2)16)10-5-4-6-11(7-10)14(17)18-3;1-4-6(9)8(11-3)7(10)5-2;1-2/h4-7H,1-3H3;1,5,11H,2-3H3;1-2H3/b;7-5+,8-6-;. The number of thiazole rings is 1. The Labute approximate surface area is 192 Å². The lowest BCUT2D eigenvalue weighted by Gasteiger charge is -2.02. The molecule has 1 N–H and O–H groups in total. The molecule has 5 nitrogen and oxygen atoms in total. The monoisotopic (exact) mass is 462 g/mol. The summed E-state index contributed by atoms with van der Waals surface area (Å²) in [6.07, 6.45) is 5.85. The molecule has 0 amide bonds. The Morgan fingerprint density at radius 3 is 2.34 bits per heavy atom. The fourth-order valence-electron chi connectivity index (χ4n) is 2.27. The Morgan fingerprint density at radius 2 is 1.91 bits per heavy atom. The Kier molecular flexibility index (Phi) is 13.1. The van der Waals surface area contributed by atoms with Crippen LogP contribution in [0.25, 0.3) is 10.4 Å². The van der Waals surface area contributed by atoms with E-state index in [0.717, 1.165) is 22.2 Å². The minimum Gasteiger partial charge on any atom is -0.465 e. The number of allylic oxidation sites excluding steroid dienone is 3. The van der Waals surface area contributed by atoms with Crippen molar-refractivity contribution in [2.45, 2.75) is 34.6 Å². The van der Waals surface area contributed by atoms with Crippen molar-refractivity contribution in [3.05, 3.63) is 64.0 Å². The second-order valence-corrected chi connectivity index (χ2v) is 6.78. The molecule has 32 heavy (non-hydrogen) atoms. The second-order valence-electron chi connectivity index (χ2n) is 5.78. The van der Waals surface area contributed by atoms with Crippen LogP contribution >= 0.6 is 11.3 Å². The molecule has 0 atom stereocenters. The number of aromatic nitrogens is 1. The third-order valence-electron chi connectivity index (χ3n) is 3.73. The smallest absolute Gasteiger partial charge is 0.337 e. The normalized spacial score (nSPS) is 10.9. The molecule has 8 heteroatoms. The highest BCUT2D eigenvalue weighted by Gasteiger charge is 2.14. The van der Waals surface area contributed by atoms with E-state index in [1.165, 1.54) is 39.3 Å². The number of esters is 1. The summed E-state index contributed by atoms with van der Waals surface area (Å²) in [6, 6.07) is 7.11. The molecule has 1 aromatic heterocycles. The first-order valence-corrected chi connectivity index (χ1v) is 10.5. The molecule has 172 valence electrons. The first-order valence-electron chi connectivity index (χ1n) is 9.73. The van der Waals surface area contributed by atoms with Crippen molar-refractivity contribution in [3.8, 4) is 22.8 Å². The predicted molar refractivity (Wildman–Crippen MR) is 126 cm³/mol. The molecule has 0 radical (unpaired) electrons. The number of nitrogens with zero attached hydrogens (tertiary/aromatic N) is 1. The number of carbonyl (C=O) groups excluding carboxylic acids is 2. The molecule has 0 aliphatic carbocycles. The number of likely N-dealkylation sites (N-methyl/N-ethyl adjacent to an activating group) is 1. The van der Waals surface area contributed by atoms with Crippen LogP contribution in [0.5, 0.6) is 0 Å². The summed E-state index contributed by atoms with van der Waals surface area (Å²) in [5, 5.41) is 2.80. The molecule has 1 heterocycles. The lowest BCUT2D eigenvalue weighted by atomic mass is 10.1. The van der Waals surface area contributed by atoms with Crippen LogP contribution in [0.4, 0.5) is 8.78 Å². The molecular weight excluding hydrogens is 434 g/mol. The van der Waals surface area contributed by atoms with E-state index in [9.17, 15) is 18.4 Å². The minimum absolute atomic E-state index is 0.0523. The molecule has 0 saturated heterocycles. The van der Waals surface area contributed by atoms with E-state index in [4.69, 9.17) is 11.2 Å². The number of ketones is 1. The number of rotatable bonds is 5. The third kappa shape index (κ3) is 8.08. The quantitative estimate of drug-likeness (QED) is 0.254. The molecule has 2 aromatic rings. The van der Waals surface area contributed by atoms with Crippen LogP contribution in [0.15, 0.2) is 47.7 Å². The van der Waals surface area contributed by atoms with Crippen LogP contribution in [-0.4, -0.2) is 30.9 Å². The summed E-state index contributed by atoms with van der Waals surface area (Å²) < 4.78 is 29.9. The van der Waals surface area contributed by atoms with Crippen molar-refractivity contribution < 1.29 is 23.1 Å². The first kappa shape index (κ1) is 28.7. The van der Waals surface area contributed by atoms with Crippen LogP contribution in [0.1, 0.15) is 53.5 Å². The first-order chi connectivity index (χ1) is 15.2. The second kappa shape index (κ2) is 14.7. The zero-order chi connectivity index (χ0) is 24.8. The lowest BCUT2D eigenvalue weighted by molar-refractivity contribution is 0.0600. The Balaban J connectivity index is 0.000000635. The van der Waals surface area contributed by atoms with Gasteiger partial charge in [0.1, 0.15) is 11.5 Å². The third-order valence-corrected chi connectivity index (χ3v) is 5.04. The van der Waals surface area contributed by atoms with Gasteiger partial charge in [-0.05, 0) is 43.5 Å². The summed E-state index contributed by atoms with van der Waals surface area (Å²) in [5.41, 5.74) is 1.86. The van der Waals surface area contributed by atoms with Crippen molar-refractivity contribution in [1.29, 1.82) is 0 Å². The van der Waals surface area contributed by atoms with Crippen molar-refractivity contribution in [1.82, 2.24) is 10.3 Å². The lowest BCUT2D eigenvalue weighted by Crippen LogP contribution is -2.07. The Morgan fingerprint density at radius 1 is 1.28 bits per heavy atom. The molecule has 0 bridgehead atoms. The van der Waals surface area contributed by atoms with E-state index in [-0.39, 0.29) is 17.4 Å².